The second-order valence-electron chi connectivity index (χ2n) is 10.9. The number of furan rings is 1. The smallest absolute Gasteiger partial charge is 0.333 e. The predicted molar refractivity (Wildman–Crippen MR) is 124 cm³/mol. The van der Waals surface area contributed by atoms with Gasteiger partial charge in [0.15, 0.2) is 5.78 Å². The summed E-state index contributed by atoms with van der Waals surface area (Å²) in [5.41, 5.74) is -0.700. The monoisotopic (exact) mass is 472 g/mol. The lowest BCUT2D eigenvalue weighted by Gasteiger charge is -2.63. The third-order valence-corrected chi connectivity index (χ3v) is 9.35. The van der Waals surface area contributed by atoms with Crippen LogP contribution in [0.1, 0.15) is 78.1 Å². The lowest BCUT2D eigenvalue weighted by atomic mass is 9.43. The van der Waals surface area contributed by atoms with Crippen molar-refractivity contribution in [3.63, 3.8) is 0 Å². The van der Waals surface area contributed by atoms with Crippen LogP contribution in [-0.4, -0.2) is 41.6 Å². The summed E-state index contributed by atoms with van der Waals surface area (Å²) in [6, 6.07) is 1.68. The van der Waals surface area contributed by atoms with Crippen LogP contribution >= 0.6 is 0 Å². The molecule has 0 spiro atoms. The average Bonchev–Trinajstić information content (AvgIpc) is 3.20. The van der Waals surface area contributed by atoms with Crippen molar-refractivity contribution < 1.29 is 33.0 Å². The summed E-state index contributed by atoms with van der Waals surface area (Å²) in [4.78, 5) is 38.5. The van der Waals surface area contributed by atoms with E-state index < -0.39 is 40.6 Å². The first kappa shape index (κ1) is 24.7. The maximum absolute atomic E-state index is 13.3. The van der Waals surface area contributed by atoms with Crippen LogP contribution in [0.25, 0.3) is 0 Å². The van der Waals surface area contributed by atoms with Crippen molar-refractivity contribution in [3.8, 4) is 0 Å². The molecule has 0 radical (unpaired) electrons. The predicted octanol–water partition coefficient (Wildman–Crippen LogP) is 4.89. The highest BCUT2D eigenvalue weighted by Crippen LogP contribution is 2.71. The molecule has 4 rings (SSSR count). The quantitative estimate of drug-likeness (QED) is 0.252. The summed E-state index contributed by atoms with van der Waals surface area (Å²) in [5.74, 6) is -1.13. The third-order valence-electron chi connectivity index (χ3n) is 9.35. The van der Waals surface area contributed by atoms with Crippen LogP contribution in [0.3, 0.4) is 0 Å². The highest BCUT2D eigenvalue weighted by Gasteiger charge is 2.78. The van der Waals surface area contributed by atoms with Crippen molar-refractivity contribution in [2.45, 2.75) is 91.6 Å². The van der Waals surface area contributed by atoms with Crippen LogP contribution in [0.4, 0.5) is 0 Å². The molecule has 34 heavy (non-hydrogen) atoms. The zero-order valence-corrected chi connectivity index (χ0v) is 21.2. The van der Waals surface area contributed by atoms with Gasteiger partial charge in [0.05, 0.1) is 17.9 Å². The number of epoxide rings is 1. The molecule has 0 aromatic carbocycles. The van der Waals surface area contributed by atoms with E-state index in [2.05, 4.69) is 20.8 Å². The highest BCUT2D eigenvalue weighted by molar-refractivity contribution is 5.96. The minimum atomic E-state index is -0.714. The molecule has 1 aromatic rings. The van der Waals surface area contributed by atoms with E-state index in [0.29, 0.717) is 11.1 Å². The number of esters is 2. The number of allylic oxidation sites excluding steroid dienone is 1. The van der Waals surface area contributed by atoms with E-state index in [-0.39, 0.29) is 30.1 Å². The van der Waals surface area contributed by atoms with Gasteiger partial charge in [-0.1, -0.05) is 26.8 Å². The molecule has 1 aliphatic heterocycles. The molecule has 2 aliphatic carbocycles. The van der Waals surface area contributed by atoms with Crippen molar-refractivity contribution in [1.29, 1.82) is 0 Å². The Morgan fingerprint density at radius 2 is 1.85 bits per heavy atom. The average molecular weight is 473 g/mol. The Hall–Kier alpha value is -2.41. The van der Waals surface area contributed by atoms with Gasteiger partial charge in [0.2, 0.25) is 0 Å². The molecule has 1 saturated heterocycles. The summed E-state index contributed by atoms with van der Waals surface area (Å²) in [7, 11) is 0. The molecule has 2 saturated carbocycles. The number of hydrogen-bond acceptors (Lipinski definition) is 7. The zero-order valence-electron chi connectivity index (χ0n) is 21.2. The Balaban J connectivity index is 1.82. The molecule has 0 bridgehead atoms. The van der Waals surface area contributed by atoms with Crippen molar-refractivity contribution in [1.82, 2.24) is 0 Å². The fourth-order valence-electron chi connectivity index (χ4n) is 6.85. The Bertz CT molecular complexity index is 1010. The minimum Gasteiger partial charge on any atom is -0.472 e. The summed E-state index contributed by atoms with van der Waals surface area (Å²) in [6.07, 6.45) is 5.29. The number of Topliss-reactive ketones (excluding diaryl/α,β-unsaturated/α-hetero) is 1. The third kappa shape index (κ3) is 3.55. The molecule has 3 aliphatic rings. The summed E-state index contributed by atoms with van der Waals surface area (Å²) >= 11 is 0. The van der Waals surface area contributed by atoms with Gasteiger partial charge >= 0.3 is 11.9 Å². The largest absolute Gasteiger partial charge is 0.472 e. The maximum Gasteiger partial charge on any atom is 0.333 e. The van der Waals surface area contributed by atoms with Gasteiger partial charge in [-0.15, -0.1) is 0 Å². The summed E-state index contributed by atoms with van der Waals surface area (Å²) in [5, 5.41) is 0. The number of ketones is 1. The SMILES string of the molecule is C/C=C(\C)C(=O)O[C@@H]1[C@H](OC(C)=O)[C@@H](C)[C@](C)(CC(=O)c2ccoc2)[C@@H]2CC[C@H]3O[C@@]3(C)[C@]12C. The Labute approximate surface area is 201 Å². The molecule has 186 valence electrons. The number of fused-ring (bicyclic) bond motifs is 3. The Kier molecular flexibility index (Phi) is 6.08. The molecule has 0 unspecified atom stereocenters. The van der Waals surface area contributed by atoms with Crippen LogP contribution in [-0.2, 0) is 23.8 Å². The van der Waals surface area contributed by atoms with Gasteiger partial charge < -0.3 is 18.6 Å². The van der Waals surface area contributed by atoms with Gasteiger partial charge in [-0.3, -0.25) is 9.59 Å². The van der Waals surface area contributed by atoms with Gasteiger partial charge in [-0.2, -0.15) is 0 Å². The molecule has 8 atom stereocenters. The minimum absolute atomic E-state index is 0.00474. The molecular weight excluding hydrogens is 436 g/mol. The summed E-state index contributed by atoms with van der Waals surface area (Å²) < 4.78 is 23.5. The van der Waals surface area contributed by atoms with Crippen LogP contribution in [0.15, 0.2) is 34.7 Å². The van der Waals surface area contributed by atoms with E-state index in [4.69, 9.17) is 18.6 Å². The van der Waals surface area contributed by atoms with Gasteiger partial charge in [-0.25, -0.2) is 4.79 Å². The van der Waals surface area contributed by atoms with Crippen LogP contribution < -0.4 is 0 Å². The number of hydrogen-bond donors (Lipinski definition) is 0. The van der Waals surface area contributed by atoms with E-state index in [0.717, 1.165) is 12.8 Å². The fourth-order valence-corrected chi connectivity index (χ4v) is 6.85. The maximum atomic E-state index is 13.3. The van der Waals surface area contributed by atoms with Crippen molar-refractivity contribution in [2.75, 3.05) is 0 Å². The highest BCUT2D eigenvalue weighted by atomic mass is 16.6. The van der Waals surface area contributed by atoms with Gasteiger partial charge in [0, 0.05) is 30.3 Å². The molecule has 1 aromatic heterocycles. The molecule has 3 fully saturated rings. The number of ether oxygens (including phenoxy) is 3. The number of rotatable bonds is 6. The van der Waals surface area contributed by atoms with Gasteiger partial charge in [-0.05, 0) is 51.0 Å². The van der Waals surface area contributed by atoms with Crippen molar-refractivity contribution >= 4 is 17.7 Å². The molecular formula is C27H36O7. The lowest BCUT2D eigenvalue weighted by Crippen LogP contribution is -2.69. The Morgan fingerprint density at radius 3 is 2.44 bits per heavy atom. The van der Waals surface area contributed by atoms with E-state index in [1.165, 1.54) is 19.5 Å². The number of carbonyl (C=O) groups excluding carboxylic acids is 3. The first-order valence-corrected chi connectivity index (χ1v) is 12.1. The van der Waals surface area contributed by atoms with E-state index in [1.807, 2.05) is 6.92 Å². The number of carbonyl (C=O) groups is 3. The molecule has 2 heterocycles. The van der Waals surface area contributed by atoms with Crippen LogP contribution in [0, 0.1) is 22.7 Å². The van der Waals surface area contributed by atoms with E-state index in [1.54, 1.807) is 26.0 Å². The second kappa shape index (κ2) is 8.36. The van der Waals surface area contributed by atoms with Crippen LogP contribution in [0.5, 0.6) is 0 Å². The normalized spacial score (nSPS) is 41.1. The van der Waals surface area contributed by atoms with Crippen molar-refractivity contribution in [2.24, 2.45) is 22.7 Å². The Morgan fingerprint density at radius 1 is 1.15 bits per heavy atom. The van der Waals surface area contributed by atoms with Gasteiger partial charge in [0.1, 0.15) is 24.1 Å². The van der Waals surface area contributed by atoms with Crippen LogP contribution in [0.2, 0.25) is 0 Å². The topological polar surface area (TPSA) is 95.3 Å². The van der Waals surface area contributed by atoms with Crippen molar-refractivity contribution in [3.05, 3.63) is 35.8 Å². The molecule has 0 N–H and O–H groups in total. The summed E-state index contributed by atoms with van der Waals surface area (Å²) in [6.45, 7) is 13.1. The first-order valence-electron chi connectivity index (χ1n) is 12.1. The van der Waals surface area contributed by atoms with E-state index in [9.17, 15) is 14.4 Å². The van der Waals surface area contributed by atoms with E-state index >= 15 is 0 Å². The fraction of sp³-hybridized carbons (Fsp3) is 0.667. The standard InChI is InChI=1S/C27H36O7/c1-8-15(2)24(30)33-23-22(32-17(4)28)16(3)25(5,13-19(29)18-11-12-31-14-18)20-9-10-21-27(7,34-21)26(20,23)6/h8,11-12,14,16,20-23H,9-10,13H2,1-7H3/b15-8+/t16-,20+,21-,22-,23-,25+,26+,27-/m1/s1. The van der Waals surface area contributed by atoms with Gasteiger partial charge in [0.25, 0.3) is 0 Å². The first-order chi connectivity index (χ1) is 15.9. The second-order valence-corrected chi connectivity index (χ2v) is 10.9. The molecule has 7 nitrogen and oxygen atoms in total. The zero-order chi connectivity index (χ0) is 25.1. The molecule has 0 amide bonds. The molecule has 7 heteroatoms. The lowest BCUT2D eigenvalue weighted by molar-refractivity contribution is -0.242.